The SMILES string of the molecule is CCCCc1cn(-c2c(C(=O)OCC)ccn2C)c(=O)n1Cc1ccc(-c2ccccc2-c2nn[nH]n2)nc1. The van der Waals surface area contributed by atoms with Crippen LogP contribution in [0.1, 0.15) is 48.3 Å². The topological polar surface area (TPSA) is 126 Å². The summed E-state index contributed by atoms with van der Waals surface area (Å²) in [4.78, 5) is 31.0. The van der Waals surface area contributed by atoms with E-state index in [1.54, 1.807) is 39.1 Å². The number of unbranched alkanes of at least 4 members (excludes halogenated alkanes) is 1. The van der Waals surface area contributed by atoms with Crippen molar-refractivity contribution in [2.45, 2.75) is 39.7 Å². The molecule has 11 nitrogen and oxygen atoms in total. The summed E-state index contributed by atoms with van der Waals surface area (Å²) in [5, 5.41) is 14.4. The molecule has 0 aliphatic carbocycles. The first-order chi connectivity index (χ1) is 19.0. The number of rotatable bonds is 10. The van der Waals surface area contributed by atoms with Crippen LogP contribution in [-0.2, 0) is 24.8 Å². The van der Waals surface area contributed by atoms with Crippen molar-refractivity contribution in [3.8, 4) is 28.5 Å². The van der Waals surface area contributed by atoms with Gasteiger partial charge in [0.05, 0.1) is 18.8 Å². The lowest BCUT2D eigenvalue weighted by Crippen LogP contribution is -2.27. The first-order valence-electron chi connectivity index (χ1n) is 12.9. The molecule has 39 heavy (non-hydrogen) atoms. The van der Waals surface area contributed by atoms with Gasteiger partial charge in [-0.15, -0.1) is 10.2 Å². The van der Waals surface area contributed by atoms with Crippen LogP contribution in [0, 0.1) is 0 Å². The second kappa shape index (κ2) is 11.3. The Morgan fingerprint density at radius 3 is 2.59 bits per heavy atom. The van der Waals surface area contributed by atoms with Crippen LogP contribution in [0.3, 0.4) is 0 Å². The molecule has 5 rings (SSSR count). The predicted molar refractivity (Wildman–Crippen MR) is 146 cm³/mol. The molecule has 0 aliphatic heterocycles. The van der Waals surface area contributed by atoms with Crippen LogP contribution in [0.25, 0.3) is 28.5 Å². The number of pyridine rings is 1. The van der Waals surface area contributed by atoms with Gasteiger partial charge in [0.1, 0.15) is 11.4 Å². The van der Waals surface area contributed by atoms with E-state index in [-0.39, 0.29) is 12.3 Å². The van der Waals surface area contributed by atoms with E-state index < -0.39 is 5.97 Å². The largest absolute Gasteiger partial charge is 0.462 e. The van der Waals surface area contributed by atoms with Crippen molar-refractivity contribution in [3.63, 3.8) is 0 Å². The molecule has 1 aromatic carbocycles. The molecule has 0 saturated heterocycles. The number of aryl methyl sites for hydroxylation is 2. The summed E-state index contributed by atoms with van der Waals surface area (Å²) < 4.78 is 10.3. The van der Waals surface area contributed by atoms with Crippen molar-refractivity contribution >= 4 is 5.97 Å². The third kappa shape index (κ3) is 5.15. The van der Waals surface area contributed by atoms with Gasteiger partial charge in [-0.2, -0.15) is 5.21 Å². The maximum absolute atomic E-state index is 13.7. The minimum atomic E-state index is -0.455. The van der Waals surface area contributed by atoms with Crippen molar-refractivity contribution in [1.82, 2.24) is 39.3 Å². The lowest BCUT2D eigenvalue weighted by molar-refractivity contribution is 0.0526. The number of benzene rings is 1. The fraction of sp³-hybridized carbons (Fsp3) is 0.286. The van der Waals surface area contributed by atoms with Crippen molar-refractivity contribution in [1.29, 1.82) is 0 Å². The van der Waals surface area contributed by atoms with Crippen molar-refractivity contribution in [2.75, 3.05) is 6.61 Å². The van der Waals surface area contributed by atoms with Gasteiger partial charge < -0.3 is 9.30 Å². The molecule has 0 unspecified atom stereocenters. The molecule has 0 radical (unpaired) electrons. The number of nitrogens with zero attached hydrogens (tertiary/aromatic N) is 7. The number of aromatic nitrogens is 8. The van der Waals surface area contributed by atoms with Crippen LogP contribution in [0.5, 0.6) is 0 Å². The van der Waals surface area contributed by atoms with Crippen LogP contribution < -0.4 is 5.69 Å². The van der Waals surface area contributed by atoms with E-state index >= 15 is 0 Å². The Bertz CT molecular complexity index is 1630. The van der Waals surface area contributed by atoms with Gasteiger partial charge in [0, 0.05) is 42.5 Å². The highest BCUT2D eigenvalue weighted by Gasteiger charge is 2.22. The van der Waals surface area contributed by atoms with Gasteiger partial charge in [0.15, 0.2) is 0 Å². The van der Waals surface area contributed by atoms with E-state index in [0.717, 1.165) is 47.3 Å². The number of nitrogens with one attached hydrogen (secondary N) is 1. The molecule has 1 N–H and O–H groups in total. The highest BCUT2D eigenvalue weighted by Crippen LogP contribution is 2.28. The van der Waals surface area contributed by atoms with Crippen LogP contribution >= 0.6 is 0 Å². The zero-order chi connectivity index (χ0) is 27.4. The standard InChI is InChI=1S/C28H30N8O3/c1-4-6-9-20-18-36(26-23(14-15-34(26)3)27(37)39-5-2)28(38)35(20)17-19-12-13-24(29-16-19)21-10-7-8-11-22(21)25-30-32-33-31-25/h7-8,10-16,18H,4-6,9,17H2,1-3H3,(H,30,31,32,33). The van der Waals surface area contributed by atoms with Crippen LogP contribution in [-0.4, -0.2) is 51.9 Å². The van der Waals surface area contributed by atoms with Crippen LogP contribution in [0.15, 0.2) is 65.8 Å². The molecule has 0 aliphatic rings. The zero-order valence-corrected chi connectivity index (χ0v) is 22.2. The predicted octanol–water partition coefficient (Wildman–Crippen LogP) is 3.79. The second-order valence-electron chi connectivity index (χ2n) is 9.18. The van der Waals surface area contributed by atoms with Crippen LogP contribution in [0.4, 0.5) is 0 Å². The number of H-pyrrole nitrogens is 1. The summed E-state index contributed by atoms with van der Waals surface area (Å²) in [6, 6.07) is 13.3. The molecule has 11 heteroatoms. The number of ether oxygens (including phenoxy) is 1. The first-order valence-corrected chi connectivity index (χ1v) is 12.9. The normalized spacial score (nSPS) is 11.2. The molecule has 0 bridgehead atoms. The average molecular weight is 527 g/mol. The lowest BCUT2D eigenvalue weighted by atomic mass is 10.0. The third-order valence-corrected chi connectivity index (χ3v) is 6.57. The fourth-order valence-electron chi connectivity index (χ4n) is 4.63. The Labute approximate surface area is 225 Å². The van der Waals surface area contributed by atoms with Gasteiger partial charge in [-0.05, 0) is 42.7 Å². The van der Waals surface area contributed by atoms with Crippen molar-refractivity contribution in [3.05, 3.63) is 88.4 Å². The Morgan fingerprint density at radius 2 is 1.90 bits per heavy atom. The van der Waals surface area contributed by atoms with Gasteiger partial charge in [0.25, 0.3) is 0 Å². The minimum Gasteiger partial charge on any atom is -0.462 e. The molecule has 0 atom stereocenters. The minimum absolute atomic E-state index is 0.222. The number of aromatic amines is 1. The zero-order valence-electron chi connectivity index (χ0n) is 22.2. The Morgan fingerprint density at radius 1 is 1.08 bits per heavy atom. The Balaban J connectivity index is 1.49. The van der Waals surface area contributed by atoms with Gasteiger partial charge >= 0.3 is 11.7 Å². The monoisotopic (exact) mass is 526 g/mol. The number of hydrogen-bond donors (Lipinski definition) is 1. The van der Waals surface area contributed by atoms with E-state index in [0.29, 0.717) is 23.8 Å². The Hall–Kier alpha value is -4.80. The number of tetrazole rings is 1. The van der Waals surface area contributed by atoms with Crippen LogP contribution in [0.2, 0.25) is 0 Å². The number of carbonyl (C=O) groups excluding carboxylic acids is 1. The van der Waals surface area contributed by atoms with Gasteiger partial charge in [-0.1, -0.05) is 43.7 Å². The molecule has 4 heterocycles. The fourth-order valence-corrected chi connectivity index (χ4v) is 4.63. The maximum atomic E-state index is 13.7. The molecule has 0 amide bonds. The average Bonchev–Trinajstić information content (AvgIpc) is 3.69. The van der Waals surface area contributed by atoms with E-state index in [2.05, 4.69) is 27.5 Å². The van der Waals surface area contributed by atoms with E-state index in [1.807, 2.05) is 49.6 Å². The summed E-state index contributed by atoms with van der Waals surface area (Å²) >= 11 is 0. The quantitative estimate of drug-likeness (QED) is 0.275. The van der Waals surface area contributed by atoms with Crippen molar-refractivity contribution in [2.24, 2.45) is 7.05 Å². The summed E-state index contributed by atoms with van der Waals surface area (Å²) in [6.45, 7) is 4.48. The summed E-state index contributed by atoms with van der Waals surface area (Å²) in [6.07, 6.45) is 8.04. The smallest absolute Gasteiger partial charge is 0.341 e. The summed E-state index contributed by atoms with van der Waals surface area (Å²) in [7, 11) is 1.81. The molecule has 5 aromatic rings. The molecule has 200 valence electrons. The molecule has 0 spiro atoms. The third-order valence-electron chi connectivity index (χ3n) is 6.57. The first kappa shape index (κ1) is 25.8. The number of imidazole rings is 1. The Kier molecular flexibility index (Phi) is 7.48. The molecule has 0 fully saturated rings. The number of hydrogen-bond acceptors (Lipinski definition) is 7. The second-order valence-corrected chi connectivity index (χ2v) is 9.18. The molecule has 4 aromatic heterocycles. The number of carbonyl (C=O) groups is 1. The van der Waals surface area contributed by atoms with E-state index in [1.165, 1.54) is 0 Å². The lowest BCUT2D eigenvalue weighted by Gasteiger charge is -2.09. The summed E-state index contributed by atoms with van der Waals surface area (Å²) in [5.74, 6) is 0.526. The molecular weight excluding hydrogens is 496 g/mol. The van der Waals surface area contributed by atoms with Crippen molar-refractivity contribution < 1.29 is 9.53 Å². The highest BCUT2D eigenvalue weighted by molar-refractivity contribution is 5.93. The molecule has 0 saturated carbocycles. The maximum Gasteiger partial charge on any atom is 0.341 e. The van der Waals surface area contributed by atoms with Gasteiger partial charge in [-0.25, -0.2) is 9.59 Å². The van der Waals surface area contributed by atoms with Gasteiger partial charge in [-0.3, -0.25) is 14.1 Å². The number of esters is 1. The molecular formula is C28H30N8O3. The van der Waals surface area contributed by atoms with E-state index in [4.69, 9.17) is 9.72 Å². The van der Waals surface area contributed by atoms with E-state index in [9.17, 15) is 9.59 Å². The summed E-state index contributed by atoms with van der Waals surface area (Å²) in [5.41, 5.74) is 4.37. The highest BCUT2D eigenvalue weighted by atomic mass is 16.5. The van der Waals surface area contributed by atoms with Gasteiger partial charge in [0.2, 0.25) is 5.82 Å².